The number of piperazine rings is 1. The summed E-state index contributed by atoms with van der Waals surface area (Å²) in [5.74, 6) is -0.112. The molecule has 1 N–H and O–H groups in total. The first-order chi connectivity index (χ1) is 13.6. The van der Waals surface area contributed by atoms with Gasteiger partial charge >= 0.3 is 0 Å². The van der Waals surface area contributed by atoms with Gasteiger partial charge in [0.1, 0.15) is 0 Å². The number of rotatable bonds is 4. The van der Waals surface area contributed by atoms with Crippen molar-refractivity contribution in [2.45, 2.75) is 6.92 Å². The number of hydrogen-bond acceptors (Lipinski definition) is 4. The third-order valence-corrected chi connectivity index (χ3v) is 5.20. The molecule has 2 heterocycles. The van der Waals surface area contributed by atoms with Crippen LogP contribution >= 0.6 is 0 Å². The molecule has 0 atom stereocenters. The number of carbonyl (C=O) groups is 1. The Kier molecular flexibility index (Phi) is 5.12. The maximum absolute atomic E-state index is 12.6. The lowest BCUT2D eigenvalue weighted by Crippen LogP contribution is -2.44. The van der Waals surface area contributed by atoms with Crippen LogP contribution in [0.4, 0.5) is 11.4 Å². The van der Waals surface area contributed by atoms with Crippen LogP contribution in [0.15, 0.2) is 60.9 Å². The Morgan fingerprint density at radius 3 is 2.43 bits per heavy atom. The molecule has 0 bridgehead atoms. The van der Waals surface area contributed by atoms with E-state index in [1.165, 1.54) is 11.3 Å². The molecule has 0 radical (unpaired) electrons. The molecule has 4 rings (SSSR count). The molecule has 3 aromatic rings. The van der Waals surface area contributed by atoms with Crippen molar-refractivity contribution < 1.29 is 4.79 Å². The van der Waals surface area contributed by atoms with E-state index in [1.807, 2.05) is 48.7 Å². The van der Waals surface area contributed by atoms with Gasteiger partial charge in [-0.2, -0.15) is 5.10 Å². The predicted octanol–water partition coefficient (Wildman–Crippen LogP) is 3.18. The lowest BCUT2D eigenvalue weighted by molar-refractivity contribution is 0.102. The van der Waals surface area contributed by atoms with E-state index in [9.17, 15) is 4.79 Å². The molecule has 1 aromatic heterocycles. The highest BCUT2D eigenvalue weighted by molar-refractivity contribution is 6.04. The number of hydrogen-bond donors (Lipinski definition) is 1. The molecule has 0 saturated carbocycles. The second-order valence-corrected chi connectivity index (χ2v) is 7.24. The highest BCUT2D eigenvalue weighted by Gasteiger charge is 2.16. The van der Waals surface area contributed by atoms with Gasteiger partial charge in [-0.25, -0.2) is 4.68 Å². The monoisotopic (exact) mass is 375 g/mol. The van der Waals surface area contributed by atoms with E-state index >= 15 is 0 Å². The maximum atomic E-state index is 12.6. The number of carbonyl (C=O) groups excluding carboxylic acids is 1. The average Bonchev–Trinajstić information content (AvgIpc) is 3.24. The largest absolute Gasteiger partial charge is 0.369 e. The molecule has 0 aliphatic carbocycles. The Labute approximate surface area is 165 Å². The van der Waals surface area contributed by atoms with Gasteiger partial charge in [-0.3, -0.25) is 4.79 Å². The van der Waals surface area contributed by atoms with Crippen LogP contribution < -0.4 is 10.2 Å². The third-order valence-electron chi connectivity index (χ3n) is 5.20. The number of benzene rings is 2. The van der Waals surface area contributed by atoms with Crippen molar-refractivity contribution in [2.24, 2.45) is 0 Å². The number of nitrogens with zero attached hydrogens (tertiary/aromatic N) is 4. The summed E-state index contributed by atoms with van der Waals surface area (Å²) in [6, 6.07) is 15.4. The molecule has 2 aromatic carbocycles. The number of nitrogens with one attached hydrogen (secondary N) is 1. The van der Waals surface area contributed by atoms with E-state index in [4.69, 9.17) is 0 Å². The number of amides is 1. The van der Waals surface area contributed by atoms with Crippen molar-refractivity contribution in [2.75, 3.05) is 43.4 Å². The van der Waals surface area contributed by atoms with Gasteiger partial charge in [0.2, 0.25) is 0 Å². The molecule has 0 spiro atoms. The molecule has 1 amide bonds. The van der Waals surface area contributed by atoms with Crippen molar-refractivity contribution in [3.05, 3.63) is 72.1 Å². The summed E-state index contributed by atoms with van der Waals surface area (Å²) in [5.41, 5.74) is 4.79. The topological polar surface area (TPSA) is 53.4 Å². The van der Waals surface area contributed by atoms with Crippen molar-refractivity contribution in [3.63, 3.8) is 0 Å². The Hall–Kier alpha value is -3.12. The van der Waals surface area contributed by atoms with Gasteiger partial charge in [-0.1, -0.05) is 0 Å². The predicted molar refractivity (Wildman–Crippen MR) is 112 cm³/mol. The minimum Gasteiger partial charge on any atom is -0.369 e. The fourth-order valence-corrected chi connectivity index (χ4v) is 3.53. The summed E-state index contributed by atoms with van der Waals surface area (Å²) >= 11 is 0. The maximum Gasteiger partial charge on any atom is 0.255 e. The number of anilines is 2. The first kappa shape index (κ1) is 18.3. The lowest BCUT2D eigenvalue weighted by Gasteiger charge is -2.35. The highest BCUT2D eigenvalue weighted by Crippen LogP contribution is 2.25. The zero-order valence-corrected chi connectivity index (χ0v) is 16.3. The number of aromatic nitrogens is 2. The van der Waals surface area contributed by atoms with Gasteiger partial charge < -0.3 is 15.1 Å². The normalized spacial score (nSPS) is 14.9. The smallest absolute Gasteiger partial charge is 0.255 e. The van der Waals surface area contributed by atoms with Crippen molar-refractivity contribution in [1.82, 2.24) is 14.7 Å². The fourth-order valence-electron chi connectivity index (χ4n) is 3.53. The van der Waals surface area contributed by atoms with Gasteiger partial charge in [0.25, 0.3) is 5.91 Å². The Balaban J connectivity index is 1.43. The van der Waals surface area contributed by atoms with Crippen LogP contribution in [0.1, 0.15) is 15.9 Å². The fraction of sp³-hybridized carbons (Fsp3) is 0.273. The molecule has 144 valence electrons. The van der Waals surface area contributed by atoms with Crippen LogP contribution in [0.5, 0.6) is 0 Å². The summed E-state index contributed by atoms with van der Waals surface area (Å²) in [6.07, 6.45) is 3.61. The van der Waals surface area contributed by atoms with E-state index in [-0.39, 0.29) is 5.91 Å². The summed E-state index contributed by atoms with van der Waals surface area (Å²) in [7, 11) is 2.16. The number of likely N-dealkylation sites (N-methyl/N-ethyl adjacent to an activating group) is 1. The van der Waals surface area contributed by atoms with E-state index < -0.39 is 0 Å². The minimum atomic E-state index is -0.112. The Bertz CT molecular complexity index is 942. The van der Waals surface area contributed by atoms with Crippen LogP contribution in [0.25, 0.3) is 5.69 Å². The minimum absolute atomic E-state index is 0.112. The molecule has 0 unspecified atom stereocenters. The van der Waals surface area contributed by atoms with Gasteiger partial charge in [0, 0.05) is 55.5 Å². The van der Waals surface area contributed by atoms with Crippen molar-refractivity contribution in [1.29, 1.82) is 0 Å². The summed E-state index contributed by atoms with van der Waals surface area (Å²) in [5, 5.41) is 7.20. The van der Waals surface area contributed by atoms with E-state index in [2.05, 4.69) is 40.3 Å². The standard InChI is InChI=1S/C22H25N5O/c1-17-16-19(6-9-21(17)26-14-12-25(2)13-15-26)24-22(28)18-4-7-20(8-5-18)27-11-3-10-23-27/h3-11,16H,12-15H2,1-2H3,(H,24,28). The van der Waals surface area contributed by atoms with Crippen molar-refractivity contribution in [3.8, 4) is 5.69 Å². The summed E-state index contributed by atoms with van der Waals surface area (Å²) in [6.45, 7) is 6.32. The second-order valence-electron chi connectivity index (χ2n) is 7.24. The zero-order valence-electron chi connectivity index (χ0n) is 16.3. The second kappa shape index (κ2) is 7.86. The molecule has 6 nitrogen and oxygen atoms in total. The van der Waals surface area contributed by atoms with Crippen LogP contribution in [0.2, 0.25) is 0 Å². The van der Waals surface area contributed by atoms with E-state index in [0.29, 0.717) is 5.56 Å². The van der Waals surface area contributed by atoms with Crippen LogP contribution in [-0.4, -0.2) is 53.8 Å². The highest BCUT2D eigenvalue weighted by atomic mass is 16.1. The van der Waals surface area contributed by atoms with Crippen LogP contribution in [0.3, 0.4) is 0 Å². The summed E-state index contributed by atoms with van der Waals surface area (Å²) < 4.78 is 1.77. The van der Waals surface area contributed by atoms with Gasteiger partial charge in [-0.15, -0.1) is 0 Å². The molecule has 1 aliphatic heterocycles. The van der Waals surface area contributed by atoms with Gasteiger partial charge in [0.15, 0.2) is 0 Å². The quantitative estimate of drug-likeness (QED) is 0.761. The lowest BCUT2D eigenvalue weighted by atomic mass is 10.1. The van der Waals surface area contributed by atoms with E-state index in [1.54, 1.807) is 10.9 Å². The first-order valence-corrected chi connectivity index (χ1v) is 9.56. The molecule has 28 heavy (non-hydrogen) atoms. The Morgan fingerprint density at radius 1 is 1.04 bits per heavy atom. The summed E-state index contributed by atoms with van der Waals surface area (Å²) in [4.78, 5) is 17.4. The SMILES string of the molecule is Cc1cc(NC(=O)c2ccc(-n3cccn3)cc2)ccc1N1CCN(C)CC1. The molecular formula is C22H25N5O. The van der Waals surface area contributed by atoms with Gasteiger partial charge in [-0.05, 0) is 68.1 Å². The molecule has 1 fully saturated rings. The van der Waals surface area contributed by atoms with E-state index in [0.717, 1.165) is 37.6 Å². The average molecular weight is 375 g/mol. The van der Waals surface area contributed by atoms with Gasteiger partial charge in [0.05, 0.1) is 5.69 Å². The third kappa shape index (κ3) is 3.92. The first-order valence-electron chi connectivity index (χ1n) is 9.56. The van der Waals surface area contributed by atoms with Crippen molar-refractivity contribution >= 4 is 17.3 Å². The molecule has 1 aliphatic rings. The Morgan fingerprint density at radius 2 is 1.79 bits per heavy atom. The zero-order chi connectivity index (χ0) is 19.5. The molecular weight excluding hydrogens is 350 g/mol. The van der Waals surface area contributed by atoms with Crippen LogP contribution in [-0.2, 0) is 0 Å². The van der Waals surface area contributed by atoms with Crippen LogP contribution in [0, 0.1) is 6.92 Å². The molecule has 1 saturated heterocycles. The number of aryl methyl sites for hydroxylation is 1. The molecule has 6 heteroatoms.